The summed E-state index contributed by atoms with van der Waals surface area (Å²) in [7, 11) is 0. The SMILES string of the molecule is Cc1ccc(OCC(C)NC(C)CC2COCCN2)cc1. The minimum absolute atomic E-state index is 0.325. The number of hydrogen-bond donors (Lipinski definition) is 2. The molecule has 4 heteroatoms. The van der Waals surface area contributed by atoms with Crippen molar-refractivity contribution in [1.82, 2.24) is 10.6 Å². The molecule has 1 saturated heterocycles. The van der Waals surface area contributed by atoms with Crippen LogP contribution in [0.2, 0.25) is 0 Å². The van der Waals surface area contributed by atoms with Crippen LogP contribution in [-0.2, 0) is 4.74 Å². The van der Waals surface area contributed by atoms with Crippen molar-refractivity contribution in [3.8, 4) is 5.75 Å². The average molecular weight is 292 g/mol. The van der Waals surface area contributed by atoms with Crippen molar-refractivity contribution >= 4 is 0 Å². The number of morpholine rings is 1. The molecule has 0 bridgehead atoms. The second kappa shape index (κ2) is 8.37. The van der Waals surface area contributed by atoms with Crippen LogP contribution in [0.5, 0.6) is 5.75 Å². The van der Waals surface area contributed by atoms with Gasteiger partial charge in [-0.2, -0.15) is 0 Å². The third-order valence-corrected chi connectivity index (χ3v) is 3.73. The summed E-state index contributed by atoms with van der Waals surface area (Å²) in [6.45, 7) is 9.76. The summed E-state index contributed by atoms with van der Waals surface area (Å²) in [6, 6.07) is 9.43. The van der Waals surface area contributed by atoms with Gasteiger partial charge in [0.2, 0.25) is 0 Å². The van der Waals surface area contributed by atoms with Gasteiger partial charge in [-0.3, -0.25) is 0 Å². The summed E-state index contributed by atoms with van der Waals surface area (Å²) >= 11 is 0. The fraction of sp³-hybridized carbons (Fsp3) is 0.647. The molecule has 0 amide bonds. The third-order valence-electron chi connectivity index (χ3n) is 3.73. The third kappa shape index (κ3) is 6.04. The van der Waals surface area contributed by atoms with Gasteiger partial charge in [0.1, 0.15) is 12.4 Å². The highest BCUT2D eigenvalue weighted by molar-refractivity contribution is 5.26. The maximum Gasteiger partial charge on any atom is 0.119 e. The lowest BCUT2D eigenvalue weighted by Crippen LogP contribution is -2.47. The summed E-state index contributed by atoms with van der Waals surface area (Å²) in [5, 5.41) is 7.08. The van der Waals surface area contributed by atoms with Gasteiger partial charge in [0, 0.05) is 24.7 Å². The molecule has 1 aliphatic rings. The standard InChI is InChI=1S/C17H28N2O2/c1-13-4-6-17(7-5-13)21-11-15(3)19-14(2)10-16-12-20-9-8-18-16/h4-7,14-16,18-19H,8-12H2,1-3H3. The van der Waals surface area contributed by atoms with E-state index in [0.717, 1.165) is 31.9 Å². The molecule has 0 aromatic heterocycles. The molecule has 0 saturated carbocycles. The van der Waals surface area contributed by atoms with Gasteiger partial charge in [-0.15, -0.1) is 0 Å². The van der Waals surface area contributed by atoms with Crippen molar-refractivity contribution in [3.63, 3.8) is 0 Å². The van der Waals surface area contributed by atoms with Gasteiger partial charge in [0.25, 0.3) is 0 Å². The van der Waals surface area contributed by atoms with E-state index in [1.807, 2.05) is 12.1 Å². The lowest BCUT2D eigenvalue weighted by atomic mass is 10.1. The molecule has 1 aromatic carbocycles. The van der Waals surface area contributed by atoms with E-state index in [0.29, 0.717) is 24.7 Å². The Morgan fingerprint density at radius 2 is 2.05 bits per heavy atom. The van der Waals surface area contributed by atoms with Crippen LogP contribution >= 0.6 is 0 Å². The van der Waals surface area contributed by atoms with Crippen LogP contribution < -0.4 is 15.4 Å². The van der Waals surface area contributed by atoms with Gasteiger partial charge in [0.05, 0.1) is 13.2 Å². The van der Waals surface area contributed by atoms with Crippen molar-refractivity contribution in [2.24, 2.45) is 0 Å². The van der Waals surface area contributed by atoms with E-state index >= 15 is 0 Å². The summed E-state index contributed by atoms with van der Waals surface area (Å²) in [5.74, 6) is 0.934. The number of ether oxygens (including phenoxy) is 2. The molecular weight excluding hydrogens is 264 g/mol. The van der Waals surface area contributed by atoms with Crippen LogP contribution in [0.4, 0.5) is 0 Å². The second-order valence-electron chi connectivity index (χ2n) is 6.05. The predicted molar refractivity (Wildman–Crippen MR) is 86.0 cm³/mol. The molecule has 0 aliphatic carbocycles. The van der Waals surface area contributed by atoms with E-state index in [1.54, 1.807) is 0 Å². The van der Waals surface area contributed by atoms with E-state index in [4.69, 9.17) is 9.47 Å². The Morgan fingerprint density at radius 3 is 2.71 bits per heavy atom. The normalized spacial score (nSPS) is 21.8. The molecular formula is C17H28N2O2. The van der Waals surface area contributed by atoms with Crippen molar-refractivity contribution in [1.29, 1.82) is 0 Å². The molecule has 3 atom stereocenters. The highest BCUT2D eigenvalue weighted by atomic mass is 16.5. The largest absolute Gasteiger partial charge is 0.492 e. The second-order valence-corrected chi connectivity index (χ2v) is 6.05. The molecule has 4 nitrogen and oxygen atoms in total. The van der Waals surface area contributed by atoms with E-state index in [-0.39, 0.29) is 0 Å². The molecule has 2 N–H and O–H groups in total. The maximum absolute atomic E-state index is 5.81. The zero-order valence-electron chi connectivity index (χ0n) is 13.4. The first-order valence-corrected chi connectivity index (χ1v) is 7.90. The molecule has 3 unspecified atom stereocenters. The molecule has 0 radical (unpaired) electrons. The van der Waals surface area contributed by atoms with Crippen LogP contribution in [0.1, 0.15) is 25.8 Å². The molecule has 1 fully saturated rings. The van der Waals surface area contributed by atoms with Gasteiger partial charge in [0.15, 0.2) is 0 Å². The molecule has 1 aromatic rings. The van der Waals surface area contributed by atoms with Gasteiger partial charge in [-0.25, -0.2) is 0 Å². The van der Waals surface area contributed by atoms with Crippen molar-refractivity contribution < 1.29 is 9.47 Å². The summed E-state index contributed by atoms with van der Waals surface area (Å²) in [6.07, 6.45) is 1.08. The van der Waals surface area contributed by atoms with E-state index in [1.165, 1.54) is 5.56 Å². The molecule has 1 aliphatic heterocycles. The van der Waals surface area contributed by atoms with Gasteiger partial charge >= 0.3 is 0 Å². The topological polar surface area (TPSA) is 42.5 Å². The Bertz CT molecular complexity index is 402. The summed E-state index contributed by atoms with van der Waals surface area (Å²) in [4.78, 5) is 0. The minimum Gasteiger partial charge on any atom is -0.492 e. The highest BCUT2D eigenvalue weighted by Gasteiger charge is 2.17. The van der Waals surface area contributed by atoms with Crippen LogP contribution in [0, 0.1) is 6.92 Å². The fourth-order valence-electron chi connectivity index (χ4n) is 2.66. The molecule has 21 heavy (non-hydrogen) atoms. The van der Waals surface area contributed by atoms with Crippen molar-refractivity contribution in [2.75, 3.05) is 26.4 Å². The van der Waals surface area contributed by atoms with Crippen LogP contribution in [0.15, 0.2) is 24.3 Å². The Balaban J connectivity index is 1.65. The Hall–Kier alpha value is -1.10. The molecule has 0 spiro atoms. The zero-order chi connectivity index (χ0) is 15.1. The number of rotatable bonds is 7. The van der Waals surface area contributed by atoms with Gasteiger partial charge in [-0.05, 0) is 39.3 Å². The van der Waals surface area contributed by atoms with Crippen LogP contribution in [-0.4, -0.2) is 44.5 Å². The first-order chi connectivity index (χ1) is 10.1. The van der Waals surface area contributed by atoms with Crippen molar-refractivity contribution in [2.45, 2.75) is 45.3 Å². The van der Waals surface area contributed by atoms with Gasteiger partial charge < -0.3 is 20.1 Å². The lowest BCUT2D eigenvalue weighted by Gasteiger charge is -2.28. The number of nitrogens with one attached hydrogen (secondary N) is 2. The van der Waals surface area contributed by atoms with E-state index in [2.05, 4.69) is 43.5 Å². The first-order valence-electron chi connectivity index (χ1n) is 7.90. The molecule has 118 valence electrons. The lowest BCUT2D eigenvalue weighted by molar-refractivity contribution is 0.0705. The molecule has 1 heterocycles. The van der Waals surface area contributed by atoms with Gasteiger partial charge in [-0.1, -0.05) is 17.7 Å². The first kappa shape index (κ1) is 16.3. The summed E-state index contributed by atoms with van der Waals surface area (Å²) < 4.78 is 11.3. The fourth-order valence-corrected chi connectivity index (χ4v) is 2.66. The van der Waals surface area contributed by atoms with Crippen LogP contribution in [0.3, 0.4) is 0 Å². The van der Waals surface area contributed by atoms with Crippen molar-refractivity contribution in [3.05, 3.63) is 29.8 Å². The Morgan fingerprint density at radius 1 is 1.29 bits per heavy atom. The maximum atomic E-state index is 5.81. The predicted octanol–water partition coefficient (Wildman–Crippen LogP) is 2.12. The number of hydrogen-bond acceptors (Lipinski definition) is 4. The van der Waals surface area contributed by atoms with E-state index < -0.39 is 0 Å². The quantitative estimate of drug-likeness (QED) is 0.808. The minimum atomic E-state index is 0.325. The Kier molecular flexibility index (Phi) is 6.49. The molecule has 2 rings (SSSR count). The Labute approximate surface area is 128 Å². The smallest absolute Gasteiger partial charge is 0.119 e. The highest BCUT2D eigenvalue weighted by Crippen LogP contribution is 2.11. The van der Waals surface area contributed by atoms with E-state index in [9.17, 15) is 0 Å². The number of benzene rings is 1. The summed E-state index contributed by atoms with van der Waals surface area (Å²) in [5.41, 5.74) is 1.25. The number of aryl methyl sites for hydroxylation is 1. The average Bonchev–Trinajstić information content (AvgIpc) is 2.47. The van der Waals surface area contributed by atoms with Crippen LogP contribution in [0.25, 0.3) is 0 Å². The monoisotopic (exact) mass is 292 g/mol. The zero-order valence-corrected chi connectivity index (χ0v) is 13.4.